The van der Waals surface area contributed by atoms with E-state index in [4.69, 9.17) is 65.7 Å². The van der Waals surface area contributed by atoms with Crippen LogP contribution in [0.5, 0.6) is 46.0 Å². The van der Waals surface area contributed by atoms with Crippen molar-refractivity contribution in [3.63, 3.8) is 0 Å². The third kappa shape index (κ3) is 19.3. The van der Waals surface area contributed by atoms with Gasteiger partial charge in [0.1, 0.15) is 89.5 Å². The minimum Gasteiger partial charge on any atom is -0.507 e. The molecule has 606 valence electrons. The van der Waals surface area contributed by atoms with Gasteiger partial charge in [0.2, 0.25) is 53.4 Å². The number of benzene rings is 5. The standard InChI is InChI=1S/C74H91ClN10O27/c1-8-104-17-18-105-16-15-79-73(103)107-37-25-39-52(44(88)26-37)38-21-33(9-12-43(38)87)53-67(97)85-57(70(100)83-55(39)71(101)102)59(91)35-11-14-46(40(75)22-35)109-48-24-36-23-47(62(48)112-72-63(61(93)60(92)49(29-86)110-72)111-51-28-74(6,77)64(94)32(5)106-51)108-45-13-10-34(20-31(45)4)58(90)56(84-65(95)41(78-7)19-30(2)3)69(99)80-42(27-50(76)89)66(96)81-54(36)68(98)82-53/h9-14,20-26,30,32,41-42,49,51,53-61,63-64,72,78,86-88,90-94H,8,15-19,27-29,77H2,1-7H3,(H2,76,89)(H,79,103)(H,80,99)(H,81,96)(H,82,98)(H,83,100)(H,84,95)(H,85,97)(H,101,102)/t32-,41+,42-,49+,51-,53+,54+,55-,56+,57-,58+,59+,60+,61-,63+,64+,72-,74-/m0/s1. The Morgan fingerprint density at radius 2 is 1.38 bits per heavy atom. The number of fused-ring (bicyclic) bond motifs is 15. The third-order valence-corrected chi connectivity index (χ3v) is 19.6. The number of aliphatic carboxylic acids is 1. The molecule has 18 atom stereocenters. The molecule has 2 saturated heterocycles. The lowest BCUT2D eigenvalue weighted by atomic mass is 9.86. The number of hydrogen-bond acceptors (Lipinski definition) is 28. The van der Waals surface area contributed by atoms with Crippen molar-refractivity contribution in [2.45, 2.75) is 170 Å². The highest BCUT2D eigenvalue weighted by atomic mass is 35.5. The molecule has 5 aromatic rings. The maximum absolute atomic E-state index is 16.2. The average molecular weight is 1590 g/mol. The topological polar surface area (TPSA) is 567 Å². The predicted octanol–water partition coefficient (Wildman–Crippen LogP) is 0.197. The van der Waals surface area contributed by atoms with Gasteiger partial charge in [-0.15, -0.1) is 0 Å². The number of ether oxygens (including phenoxy) is 9. The second-order valence-corrected chi connectivity index (χ2v) is 28.6. The van der Waals surface area contributed by atoms with Crippen LogP contribution in [0.2, 0.25) is 5.02 Å². The summed E-state index contributed by atoms with van der Waals surface area (Å²) in [5, 5.41) is 125. The Morgan fingerprint density at radius 3 is 2.03 bits per heavy atom. The van der Waals surface area contributed by atoms with Crippen LogP contribution in [0.4, 0.5) is 4.79 Å². The van der Waals surface area contributed by atoms with Gasteiger partial charge in [0.15, 0.2) is 29.9 Å². The van der Waals surface area contributed by atoms with Gasteiger partial charge >= 0.3 is 12.1 Å². The highest BCUT2D eigenvalue weighted by Gasteiger charge is 2.52. The molecule has 0 aromatic heterocycles. The fraction of sp³-hybridized carbons (Fsp3) is 0.473. The maximum atomic E-state index is 16.2. The zero-order valence-corrected chi connectivity index (χ0v) is 62.4. The summed E-state index contributed by atoms with van der Waals surface area (Å²) in [5.74, 6) is -15.5. The van der Waals surface area contributed by atoms with E-state index in [-0.39, 0.29) is 73.1 Å². The van der Waals surface area contributed by atoms with E-state index in [0.29, 0.717) is 6.61 Å². The van der Waals surface area contributed by atoms with Crippen LogP contribution >= 0.6 is 11.6 Å². The number of aliphatic hydroxyl groups excluding tert-OH is 6. The van der Waals surface area contributed by atoms with Gasteiger partial charge in [-0.3, -0.25) is 33.6 Å². The molecule has 21 N–H and O–H groups in total. The smallest absolute Gasteiger partial charge is 0.412 e. The number of carbonyl (C=O) groups is 9. The van der Waals surface area contributed by atoms with Crippen LogP contribution in [0, 0.1) is 12.8 Å². The van der Waals surface area contributed by atoms with Gasteiger partial charge in [-0.25, -0.2) is 9.59 Å². The van der Waals surface area contributed by atoms with E-state index in [2.05, 4.69) is 42.5 Å². The van der Waals surface area contributed by atoms with E-state index in [0.717, 1.165) is 60.7 Å². The molecule has 0 radical (unpaired) electrons. The molecule has 2 fully saturated rings. The fourth-order valence-corrected chi connectivity index (χ4v) is 13.7. The summed E-state index contributed by atoms with van der Waals surface area (Å²) in [4.78, 5) is 132. The number of carbonyl (C=O) groups excluding carboxylic acids is 8. The van der Waals surface area contributed by atoms with Crippen LogP contribution in [-0.4, -0.2) is 225 Å². The van der Waals surface area contributed by atoms with Crippen LogP contribution in [0.1, 0.15) is 118 Å². The van der Waals surface area contributed by atoms with Crippen LogP contribution in [0.25, 0.3) is 11.1 Å². The number of nitrogens with two attached hydrogens (primary N) is 2. The zero-order valence-electron chi connectivity index (χ0n) is 61.7. The van der Waals surface area contributed by atoms with Gasteiger partial charge in [0.25, 0.3) is 0 Å². The number of carboxylic acids is 1. The molecule has 0 aliphatic carbocycles. The lowest BCUT2D eigenvalue weighted by Gasteiger charge is -2.47. The Kier molecular flexibility index (Phi) is 27.2. The molecule has 7 aliphatic rings. The van der Waals surface area contributed by atoms with E-state index >= 15 is 19.2 Å². The number of aryl methyl sites for hydroxylation is 1. The number of hydrogen-bond donors (Lipinski definition) is 19. The number of amides is 8. The largest absolute Gasteiger partial charge is 0.507 e. The molecule has 0 spiro atoms. The number of aliphatic hydroxyl groups is 6. The highest BCUT2D eigenvalue weighted by Crippen LogP contribution is 2.50. The molecule has 0 saturated carbocycles. The van der Waals surface area contributed by atoms with E-state index in [1.165, 1.54) is 46.0 Å². The lowest BCUT2D eigenvalue weighted by Crippen LogP contribution is -2.64. The SMILES string of the molecule is CCOCCOCCNC(=O)Oc1cc(O)c2c(c1)[C@@H](C(=O)O)NC(=O)[C@H]1NC(=O)[C@H](NC(=O)[C@@H]3NC(=O)[C@H](CC(N)=O)NC(=O)[C@H](NC(=O)[C@@H](CC(C)C)NC)[C@H](O)c4ccc(c(C)c4)Oc4cc3cc(c4O[C@@H]3O[C@H](CO)[C@@H](O)[C@H](O)[C@H]3O[C@H]3C[C@](C)(N)[C@H](O)[C@H](C)O3)Oc3ccc(cc3Cl)[C@H]1O)c1ccc(O)c-2c1. The number of aromatic hydroxyl groups is 2. The lowest BCUT2D eigenvalue weighted by molar-refractivity contribution is -0.333. The minimum absolute atomic E-state index is 0.00721. The monoisotopic (exact) mass is 1590 g/mol. The van der Waals surface area contributed by atoms with Crippen molar-refractivity contribution in [3.05, 3.63) is 117 Å². The first-order chi connectivity index (χ1) is 53.1. The van der Waals surface area contributed by atoms with Gasteiger partial charge in [-0.05, 0) is 129 Å². The second kappa shape index (κ2) is 36.2. The summed E-state index contributed by atoms with van der Waals surface area (Å²) < 4.78 is 54.9. The van der Waals surface area contributed by atoms with Crippen LogP contribution in [-0.2, 0) is 62.0 Å². The number of halogens is 1. The molecule has 112 heavy (non-hydrogen) atoms. The summed E-state index contributed by atoms with van der Waals surface area (Å²) in [7, 11) is 1.49. The molecule has 38 heteroatoms. The van der Waals surface area contributed by atoms with Crippen molar-refractivity contribution in [3.8, 4) is 57.1 Å². The van der Waals surface area contributed by atoms with Crippen LogP contribution in [0.15, 0.2) is 78.9 Å². The fourth-order valence-electron chi connectivity index (χ4n) is 13.5. The van der Waals surface area contributed by atoms with Gasteiger partial charge in [0.05, 0.1) is 56.1 Å². The van der Waals surface area contributed by atoms with E-state index in [9.17, 15) is 69.9 Å². The highest BCUT2D eigenvalue weighted by molar-refractivity contribution is 6.32. The van der Waals surface area contributed by atoms with Crippen molar-refractivity contribution < 1.29 is 132 Å². The number of carboxylic acid groups (broad SMARTS) is 1. The van der Waals surface area contributed by atoms with Crippen molar-refractivity contribution >= 4 is 65.0 Å². The van der Waals surface area contributed by atoms with Gasteiger partial charge < -0.3 is 143 Å². The first kappa shape index (κ1) is 84.4. The van der Waals surface area contributed by atoms with Crippen molar-refractivity contribution in [1.29, 1.82) is 0 Å². The Balaban J connectivity index is 1.20. The molecule has 8 amide bonds. The molecule has 12 rings (SSSR count). The Bertz CT molecular complexity index is 4360. The third-order valence-electron chi connectivity index (χ3n) is 19.3. The van der Waals surface area contributed by atoms with Crippen molar-refractivity contribution in [2.24, 2.45) is 17.4 Å². The molecular formula is C74H91ClN10O27. The number of nitrogens with one attached hydrogen (secondary N) is 8. The summed E-state index contributed by atoms with van der Waals surface area (Å²) in [6, 6.07) is -0.0933. The van der Waals surface area contributed by atoms with Crippen LogP contribution < -0.4 is 72.9 Å². The van der Waals surface area contributed by atoms with Crippen LogP contribution in [0.3, 0.4) is 0 Å². The molecule has 7 heterocycles. The minimum atomic E-state index is -2.35. The Labute approximate surface area is 645 Å². The van der Waals surface area contributed by atoms with Crippen molar-refractivity contribution in [2.75, 3.05) is 46.6 Å². The quantitative estimate of drug-likeness (QED) is 0.0436. The summed E-state index contributed by atoms with van der Waals surface area (Å²) in [5.41, 5.74) is 8.24. The molecule has 5 aromatic carbocycles. The summed E-state index contributed by atoms with van der Waals surface area (Å²) in [6.07, 6.45) is -19.6. The number of phenols is 2. The second-order valence-electron chi connectivity index (χ2n) is 28.2. The van der Waals surface area contributed by atoms with E-state index in [1.54, 1.807) is 6.92 Å². The Morgan fingerprint density at radius 1 is 0.732 bits per heavy atom. The molecular weight excluding hydrogens is 1500 g/mol. The van der Waals surface area contributed by atoms with Gasteiger partial charge in [-0.2, -0.15) is 0 Å². The summed E-state index contributed by atoms with van der Waals surface area (Å²) in [6.45, 7) is 9.77. The summed E-state index contributed by atoms with van der Waals surface area (Å²) >= 11 is 7.13. The van der Waals surface area contributed by atoms with Crippen molar-refractivity contribution in [1.82, 2.24) is 42.5 Å². The molecule has 11 bridgehead atoms. The number of primary amides is 1. The predicted molar refractivity (Wildman–Crippen MR) is 389 cm³/mol. The van der Waals surface area contributed by atoms with E-state index < -0.39 is 243 Å². The van der Waals surface area contributed by atoms with Gasteiger partial charge in [0, 0.05) is 47.9 Å². The number of phenolic OH excluding ortho intramolecular Hbond substituents is 2. The molecule has 37 nitrogen and oxygen atoms in total. The first-order valence-electron chi connectivity index (χ1n) is 35.8. The Hall–Kier alpha value is -10.1. The maximum Gasteiger partial charge on any atom is 0.412 e. The normalized spacial score (nSPS) is 27.6. The molecule has 7 aliphatic heterocycles. The first-order valence-corrected chi connectivity index (χ1v) is 36.2. The number of likely N-dealkylation sites (N-methyl/N-ethyl adjacent to an activating group) is 1. The number of rotatable bonds is 21. The van der Waals surface area contributed by atoms with Gasteiger partial charge in [-0.1, -0.05) is 43.6 Å². The molecule has 0 unspecified atom stereocenters. The van der Waals surface area contributed by atoms with E-state index in [1.807, 2.05) is 13.8 Å². The average Bonchev–Trinajstić information content (AvgIpc) is 0.764. The zero-order chi connectivity index (χ0) is 81.5.